The standard InChI is InChI=1S/C29H38ClN3O3/c1-33(17-14-22-12-15-31-16-13-22)29(36)11-10-27(21-34)32-28(35)20-25(24-7-3-2-4-8-24)18-23-6-5-9-26(30)19-23/h5-6,9,12-13,15-16,19,21,24-25,27H,2-4,7-8,10-11,14,17-18,20H2,1H3,(H,32,35)/t25-,27+/m1/s1. The number of pyridine rings is 1. The van der Waals surface area contributed by atoms with Crippen molar-refractivity contribution in [2.24, 2.45) is 11.8 Å². The molecule has 1 N–H and O–H groups in total. The lowest BCUT2D eigenvalue weighted by Crippen LogP contribution is -2.39. The fraction of sp³-hybridized carbons (Fsp3) is 0.517. The van der Waals surface area contributed by atoms with Crippen LogP contribution in [0, 0.1) is 11.8 Å². The fourth-order valence-electron chi connectivity index (χ4n) is 5.10. The molecule has 194 valence electrons. The quantitative estimate of drug-likeness (QED) is 0.382. The summed E-state index contributed by atoms with van der Waals surface area (Å²) < 4.78 is 0. The van der Waals surface area contributed by atoms with Crippen molar-refractivity contribution < 1.29 is 14.4 Å². The number of carbonyl (C=O) groups is 3. The molecule has 2 aromatic rings. The number of hydrogen-bond acceptors (Lipinski definition) is 4. The second kappa shape index (κ2) is 14.7. The Labute approximate surface area is 219 Å². The second-order valence-electron chi connectivity index (χ2n) is 9.97. The zero-order valence-corrected chi connectivity index (χ0v) is 22.0. The number of halogens is 1. The van der Waals surface area contributed by atoms with Crippen LogP contribution in [0.2, 0.25) is 5.02 Å². The van der Waals surface area contributed by atoms with Crippen molar-refractivity contribution in [2.75, 3.05) is 13.6 Å². The highest BCUT2D eigenvalue weighted by molar-refractivity contribution is 6.30. The fourth-order valence-corrected chi connectivity index (χ4v) is 5.31. The van der Waals surface area contributed by atoms with Gasteiger partial charge in [0.2, 0.25) is 11.8 Å². The molecule has 2 amide bonds. The molecule has 0 saturated heterocycles. The third-order valence-electron chi connectivity index (χ3n) is 7.24. The molecule has 1 saturated carbocycles. The van der Waals surface area contributed by atoms with Crippen molar-refractivity contribution in [1.29, 1.82) is 0 Å². The smallest absolute Gasteiger partial charge is 0.222 e. The Morgan fingerprint density at radius 3 is 2.58 bits per heavy atom. The van der Waals surface area contributed by atoms with Gasteiger partial charge in [-0.05, 0) is 66.5 Å². The van der Waals surface area contributed by atoms with E-state index in [1.54, 1.807) is 24.3 Å². The number of amides is 2. The number of nitrogens with zero attached hydrogens (tertiary/aromatic N) is 2. The van der Waals surface area contributed by atoms with Gasteiger partial charge in [0.1, 0.15) is 6.29 Å². The van der Waals surface area contributed by atoms with Gasteiger partial charge in [-0.25, -0.2) is 0 Å². The van der Waals surface area contributed by atoms with Crippen LogP contribution in [0.25, 0.3) is 0 Å². The van der Waals surface area contributed by atoms with Gasteiger partial charge < -0.3 is 15.0 Å². The van der Waals surface area contributed by atoms with Gasteiger partial charge in [0.05, 0.1) is 6.04 Å². The topological polar surface area (TPSA) is 79.4 Å². The highest BCUT2D eigenvalue weighted by atomic mass is 35.5. The van der Waals surface area contributed by atoms with Gasteiger partial charge >= 0.3 is 0 Å². The maximum atomic E-state index is 13.0. The van der Waals surface area contributed by atoms with E-state index in [0.29, 0.717) is 30.3 Å². The van der Waals surface area contributed by atoms with E-state index in [2.05, 4.69) is 16.4 Å². The van der Waals surface area contributed by atoms with Gasteiger partial charge in [-0.1, -0.05) is 55.8 Å². The zero-order chi connectivity index (χ0) is 25.8. The average molecular weight is 512 g/mol. The van der Waals surface area contributed by atoms with Crippen molar-refractivity contribution in [3.05, 3.63) is 64.9 Å². The molecule has 1 aromatic heterocycles. The summed E-state index contributed by atoms with van der Waals surface area (Å²) in [6, 6.07) is 11.0. The number of rotatable bonds is 13. The minimum Gasteiger partial charge on any atom is -0.347 e. The predicted molar refractivity (Wildman–Crippen MR) is 143 cm³/mol. The van der Waals surface area contributed by atoms with E-state index in [9.17, 15) is 14.4 Å². The lowest BCUT2D eigenvalue weighted by molar-refractivity contribution is -0.131. The van der Waals surface area contributed by atoms with Crippen LogP contribution in [0.5, 0.6) is 0 Å². The van der Waals surface area contributed by atoms with Gasteiger partial charge in [-0.3, -0.25) is 14.6 Å². The van der Waals surface area contributed by atoms with Crippen LogP contribution in [0.3, 0.4) is 0 Å². The van der Waals surface area contributed by atoms with E-state index in [1.165, 1.54) is 19.3 Å². The summed E-state index contributed by atoms with van der Waals surface area (Å²) in [4.78, 5) is 42.9. The number of nitrogens with one attached hydrogen (secondary N) is 1. The van der Waals surface area contributed by atoms with Gasteiger partial charge in [0.25, 0.3) is 0 Å². The molecule has 1 aliphatic rings. The first-order valence-corrected chi connectivity index (χ1v) is 13.4. The Morgan fingerprint density at radius 1 is 1.14 bits per heavy atom. The Balaban J connectivity index is 1.49. The molecule has 1 aliphatic carbocycles. The third kappa shape index (κ3) is 9.38. The van der Waals surface area contributed by atoms with Gasteiger partial charge in [0.15, 0.2) is 0 Å². The molecule has 2 atom stereocenters. The van der Waals surface area contributed by atoms with E-state index in [-0.39, 0.29) is 24.2 Å². The first-order chi connectivity index (χ1) is 17.4. The van der Waals surface area contributed by atoms with Crippen molar-refractivity contribution in [3.63, 3.8) is 0 Å². The highest BCUT2D eigenvalue weighted by Crippen LogP contribution is 2.34. The SMILES string of the molecule is CN(CCc1ccncc1)C(=O)CC[C@@H](C=O)NC(=O)C[C@@H](Cc1cccc(Cl)c1)C1CCCCC1. The van der Waals surface area contributed by atoms with E-state index in [0.717, 1.165) is 43.1 Å². The third-order valence-corrected chi connectivity index (χ3v) is 7.48. The number of carbonyl (C=O) groups excluding carboxylic acids is 3. The summed E-state index contributed by atoms with van der Waals surface area (Å²) >= 11 is 6.19. The highest BCUT2D eigenvalue weighted by Gasteiger charge is 2.27. The summed E-state index contributed by atoms with van der Waals surface area (Å²) in [5.74, 6) is 0.542. The lowest BCUT2D eigenvalue weighted by atomic mass is 9.76. The summed E-state index contributed by atoms with van der Waals surface area (Å²) in [7, 11) is 1.77. The molecule has 1 fully saturated rings. The maximum absolute atomic E-state index is 13.0. The number of benzene rings is 1. The van der Waals surface area contributed by atoms with E-state index in [4.69, 9.17) is 11.6 Å². The zero-order valence-electron chi connectivity index (χ0n) is 21.2. The van der Waals surface area contributed by atoms with E-state index in [1.807, 2.05) is 30.3 Å². The molecule has 6 nitrogen and oxygen atoms in total. The van der Waals surface area contributed by atoms with Crippen molar-refractivity contribution >= 4 is 29.7 Å². The molecule has 0 radical (unpaired) electrons. The van der Waals surface area contributed by atoms with Crippen LogP contribution in [-0.2, 0) is 27.2 Å². The summed E-state index contributed by atoms with van der Waals surface area (Å²) in [6.07, 6.45) is 12.6. The summed E-state index contributed by atoms with van der Waals surface area (Å²) in [5.41, 5.74) is 2.26. The van der Waals surface area contributed by atoms with Crippen molar-refractivity contribution in [3.8, 4) is 0 Å². The first-order valence-electron chi connectivity index (χ1n) is 13.1. The van der Waals surface area contributed by atoms with Crippen LogP contribution in [0.1, 0.15) is 62.5 Å². The van der Waals surface area contributed by atoms with Crippen molar-refractivity contribution in [1.82, 2.24) is 15.2 Å². The van der Waals surface area contributed by atoms with Gasteiger partial charge in [-0.2, -0.15) is 0 Å². The van der Waals surface area contributed by atoms with Crippen LogP contribution in [0.15, 0.2) is 48.8 Å². The van der Waals surface area contributed by atoms with Gasteiger partial charge in [0, 0.05) is 43.9 Å². The predicted octanol–water partition coefficient (Wildman–Crippen LogP) is 5.03. The molecular weight excluding hydrogens is 474 g/mol. The van der Waals surface area contributed by atoms with Crippen LogP contribution < -0.4 is 5.32 Å². The summed E-state index contributed by atoms with van der Waals surface area (Å²) in [5, 5.41) is 3.58. The molecular formula is C29H38ClN3O3. The number of aldehydes is 1. The minimum absolute atomic E-state index is 0.0359. The second-order valence-corrected chi connectivity index (χ2v) is 10.4. The molecule has 0 bridgehead atoms. The maximum Gasteiger partial charge on any atom is 0.222 e. The molecule has 0 unspecified atom stereocenters. The molecule has 1 heterocycles. The molecule has 0 aliphatic heterocycles. The monoisotopic (exact) mass is 511 g/mol. The Hall–Kier alpha value is -2.73. The summed E-state index contributed by atoms with van der Waals surface area (Å²) in [6.45, 7) is 0.591. The molecule has 1 aromatic carbocycles. The van der Waals surface area contributed by atoms with Crippen molar-refractivity contribution in [2.45, 2.75) is 70.3 Å². The molecule has 36 heavy (non-hydrogen) atoms. The minimum atomic E-state index is -0.659. The van der Waals surface area contributed by atoms with Gasteiger partial charge in [-0.15, -0.1) is 0 Å². The number of likely N-dealkylation sites (N-methyl/N-ethyl adjacent to an activating group) is 1. The van der Waals surface area contributed by atoms with E-state index >= 15 is 0 Å². The first kappa shape index (κ1) is 27.9. The molecule has 7 heteroatoms. The Morgan fingerprint density at radius 2 is 1.89 bits per heavy atom. The normalized spacial score (nSPS) is 15.6. The van der Waals surface area contributed by atoms with Crippen LogP contribution >= 0.6 is 11.6 Å². The number of aromatic nitrogens is 1. The molecule has 0 spiro atoms. The Kier molecular flexibility index (Phi) is 11.4. The Bertz CT molecular complexity index is 979. The van der Waals surface area contributed by atoms with Crippen LogP contribution in [-0.4, -0.2) is 47.6 Å². The van der Waals surface area contributed by atoms with Crippen LogP contribution in [0.4, 0.5) is 0 Å². The molecule has 3 rings (SSSR count). The largest absolute Gasteiger partial charge is 0.347 e. The van der Waals surface area contributed by atoms with E-state index < -0.39 is 6.04 Å². The average Bonchev–Trinajstić information content (AvgIpc) is 2.90. The number of hydrogen-bond donors (Lipinski definition) is 1. The lowest BCUT2D eigenvalue weighted by Gasteiger charge is -2.30.